The van der Waals surface area contributed by atoms with Crippen molar-refractivity contribution in [2.75, 3.05) is 12.4 Å². The number of ether oxygens (including phenoxy) is 2. The largest absolute Gasteiger partial charge is 0.497 e. The molecule has 134 valence electrons. The zero-order valence-electron chi connectivity index (χ0n) is 13.6. The lowest BCUT2D eigenvalue weighted by Gasteiger charge is -2.06. The summed E-state index contributed by atoms with van der Waals surface area (Å²) in [6.07, 6.45) is 1.35. The Morgan fingerprint density at radius 3 is 2.62 bits per heavy atom. The molecule has 3 rings (SSSR count). The van der Waals surface area contributed by atoms with Gasteiger partial charge in [-0.15, -0.1) is 5.10 Å². The van der Waals surface area contributed by atoms with E-state index >= 15 is 0 Å². The Morgan fingerprint density at radius 1 is 1.15 bits per heavy atom. The van der Waals surface area contributed by atoms with Gasteiger partial charge in [-0.1, -0.05) is 6.07 Å². The molecule has 1 heterocycles. The summed E-state index contributed by atoms with van der Waals surface area (Å²) in [6.45, 7) is -2.89. The first kappa shape index (κ1) is 17.3. The van der Waals surface area contributed by atoms with E-state index in [0.29, 0.717) is 17.1 Å². The summed E-state index contributed by atoms with van der Waals surface area (Å²) in [7, 11) is 1.53. The van der Waals surface area contributed by atoms with E-state index < -0.39 is 12.5 Å². The van der Waals surface area contributed by atoms with Gasteiger partial charge in [-0.2, -0.15) is 8.78 Å². The van der Waals surface area contributed by atoms with Gasteiger partial charge in [0, 0.05) is 11.8 Å². The molecule has 0 radical (unpaired) electrons. The maximum atomic E-state index is 12.2. The second-order valence-electron chi connectivity index (χ2n) is 5.07. The molecular weight excluding hydrogens is 346 g/mol. The van der Waals surface area contributed by atoms with Crippen molar-refractivity contribution >= 4 is 11.6 Å². The lowest BCUT2D eigenvalue weighted by atomic mass is 10.3. The molecule has 0 saturated heterocycles. The van der Waals surface area contributed by atoms with Crippen molar-refractivity contribution in [3.05, 3.63) is 60.7 Å². The van der Waals surface area contributed by atoms with Gasteiger partial charge in [0.15, 0.2) is 0 Å². The molecule has 1 aromatic heterocycles. The van der Waals surface area contributed by atoms with Crippen molar-refractivity contribution < 1.29 is 23.0 Å². The molecule has 0 aliphatic heterocycles. The van der Waals surface area contributed by atoms with Gasteiger partial charge in [-0.3, -0.25) is 4.79 Å². The van der Waals surface area contributed by atoms with Gasteiger partial charge in [0.25, 0.3) is 5.91 Å². The second kappa shape index (κ2) is 7.60. The molecule has 0 saturated carbocycles. The van der Waals surface area contributed by atoms with Crippen LogP contribution in [0.4, 0.5) is 14.5 Å². The van der Waals surface area contributed by atoms with Crippen molar-refractivity contribution in [2.24, 2.45) is 0 Å². The molecule has 0 fully saturated rings. The number of amides is 1. The molecule has 0 spiro atoms. The quantitative estimate of drug-likeness (QED) is 0.731. The van der Waals surface area contributed by atoms with E-state index in [4.69, 9.17) is 4.74 Å². The van der Waals surface area contributed by atoms with Crippen molar-refractivity contribution in [3.8, 4) is 17.2 Å². The van der Waals surface area contributed by atoms with Gasteiger partial charge < -0.3 is 14.8 Å². The highest BCUT2D eigenvalue weighted by atomic mass is 19.3. The van der Waals surface area contributed by atoms with Crippen LogP contribution in [0.25, 0.3) is 5.69 Å². The van der Waals surface area contributed by atoms with Gasteiger partial charge in [-0.05, 0) is 36.4 Å². The van der Waals surface area contributed by atoms with Crippen LogP contribution in [-0.2, 0) is 0 Å². The molecule has 7 nitrogen and oxygen atoms in total. The Hall–Kier alpha value is -3.49. The zero-order chi connectivity index (χ0) is 18.5. The fourth-order valence-electron chi connectivity index (χ4n) is 2.16. The molecule has 1 N–H and O–H groups in total. The second-order valence-corrected chi connectivity index (χ2v) is 5.07. The number of hydrogen-bond acceptors (Lipinski definition) is 5. The first-order chi connectivity index (χ1) is 12.5. The smallest absolute Gasteiger partial charge is 0.387 e. The highest BCUT2D eigenvalue weighted by Crippen LogP contribution is 2.18. The maximum Gasteiger partial charge on any atom is 0.387 e. The molecule has 0 aliphatic carbocycles. The summed E-state index contributed by atoms with van der Waals surface area (Å²) in [4.78, 5) is 16.2. The summed E-state index contributed by atoms with van der Waals surface area (Å²) in [5.41, 5.74) is 1.08. The Labute approximate surface area is 147 Å². The molecule has 2 aromatic carbocycles. The number of anilines is 1. The molecule has 26 heavy (non-hydrogen) atoms. The van der Waals surface area contributed by atoms with Crippen LogP contribution in [0.15, 0.2) is 54.9 Å². The minimum atomic E-state index is -2.89. The summed E-state index contributed by atoms with van der Waals surface area (Å²) in [5.74, 6) is 0.0997. The SMILES string of the molecule is COc1cccc(NC(=O)c2ncn(-c3ccc(OC(F)F)cc3)n2)c1. The Balaban J connectivity index is 1.71. The summed E-state index contributed by atoms with van der Waals surface area (Å²) < 4.78 is 35.0. The third-order valence-corrected chi connectivity index (χ3v) is 3.35. The fourth-order valence-corrected chi connectivity index (χ4v) is 2.16. The maximum absolute atomic E-state index is 12.2. The minimum absolute atomic E-state index is 0.0276. The van der Waals surface area contributed by atoms with E-state index in [1.807, 2.05) is 0 Å². The van der Waals surface area contributed by atoms with Crippen LogP contribution >= 0.6 is 0 Å². The number of alkyl halides is 2. The third-order valence-electron chi connectivity index (χ3n) is 3.35. The number of nitrogens with one attached hydrogen (secondary N) is 1. The number of carbonyl (C=O) groups excluding carboxylic acids is 1. The van der Waals surface area contributed by atoms with E-state index in [-0.39, 0.29) is 11.6 Å². The average Bonchev–Trinajstić information content (AvgIpc) is 3.12. The number of rotatable bonds is 6. The lowest BCUT2D eigenvalue weighted by Crippen LogP contribution is -2.14. The highest BCUT2D eigenvalue weighted by Gasteiger charge is 2.13. The van der Waals surface area contributed by atoms with Crippen LogP contribution in [-0.4, -0.2) is 34.4 Å². The standard InChI is InChI=1S/C17H14F2N4O3/c1-25-14-4-2-3-11(9-14)21-16(24)15-20-10-23(22-15)12-5-7-13(8-6-12)26-17(18)19/h2-10,17H,1H3,(H,21,24). The van der Waals surface area contributed by atoms with Crippen LogP contribution in [0.1, 0.15) is 10.6 Å². The number of methoxy groups -OCH3 is 1. The molecule has 1 amide bonds. The zero-order valence-corrected chi connectivity index (χ0v) is 13.6. The van der Waals surface area contributed by atoms with Crippen LogP contribution in [0.5, 0.6) is 11.5 Å². The molecule has 0 unspecified atom stereocenters. The van der Waals surface area contributed by atoms with Gasteiger partial charge in [0.1, 0.15) is 17.8 Å². The number of hydrogen-bond donors (Lipinski definition) is 1. The van der Waals surface area contributed by atoms with E-state index in [0.717, 1.165) is 0 Å². The Kier molecular flexibility index (Phi) is 5.07. The first-order valence-electron chi connectivity index (χ1n) is 7.47. The van der Waals surface area contributed by atoms with Crippen molar-refractivity contribution in [1.82, 2.24) is 14.8 Å². The normalized spacial score (nSPS) is 10.6. The van der Waals surface area contributed by atoms with Gasteiger partial charge >= 0.3 is 6.61 Å². The van der Waals surface area contributed by atoms with Crippen molar-refractivity contribution in [1.29, 1.82) is 0 Å². The summed E-state index contributed by atoms with van der Waals surface area (Å²) in [5, 5.41) is 6.75. The predicted molar refractivity (Wildman–Crippen MR) is 88.9 cm³/mol. The number of benzene rings is 2. The number of halogens is 2. The third kappa shape index (κ3) is 4.12. The van der Waals surface area contributed by atoms with E-state index in [2.05, 4.69) is 20.1 Å². The number of nitrogens with zero attached hydrogens (tertiary/aromatic N) is 3. The molecular formula is C17H14F2N4O3. The van der Waals surface area contributed by atoms with Crippen LogP contribution < -0.4 is 14.8 Å². The highest BCUT2D eigenvalue weighted by molar-refractivity contribution is 6.01. The van der Waals surface area contributed by atoms with Crippen molar-refractivity contribution in [3.63, 3.8) is 0 Å². The lowest BCUT2D eigenvalue weighted by molar-refractivity contribution is -0.0498. The van der Waals surface area contributed by atoms with Gasteiger partial charge in [0.2, 0.25) is 5.82 Å². The summed E-state index contributed by atoms with van der Waals surface area (Å²) in [6, 6.07) is 12.7. The molecule has 0 bridgehead atoms. The monoisotopic (exact) mass is 360 g/mol. The number of aromatic nitrogens is 3. The average molecular weight is 360 g/mol. The van der Waals surface area contributed by atoms with Crippen LogP contribution in [0.2, 0.25) is 0 Å². The predicted octanol–water partition coefficient (Wildman–Crippen LogP) is 3.13. The molecule has 0 atom stereocenters. The molecule has 0 aliphatic rings. The van der Waals surface area contributed by atoms with Crippen molar-refractivity contribution in [2.45, 2.75) is 6.61 Å². The Morgan fingerprint density at radius 2 is 1.92 bits per heavy atom. The topological polar surface area (TPSA) is 78.3 Å². The first-order valence-corrected chi connectivity index (χ1v) is 7.47. The van der Waals surface area contributed by atoms with Gasteiger partial charge in [-0.25, -0.2) is 9.67 Å². The van der Waals surface area contributed by atoms with Gasteiger partial charge in [0.05, 0.1) is 12.8 Å². The van der Waals surface area contributed by atoms with E-state index in [9.17, 15) is 13.6 Å². The Bertz CT molecular complexity index is 897. The van der Waals surface area contributed by atoms with E-state index in [1.54, 1.807) is 24.3 Å². The fraction of sp³-hybridized carbons (Fsp3) is 0.118. The minimum Gasteiger partial charge on any atom is -0.497 e. The summed E-state index contributed by atoms with van der Waals surface area (Å²) >= 11 is 0. The number of carbonyl (C=O) groups is 1. The van der Waals surface area contributed by atoms with Crippen LogP contribution in [0, 0.1) is 0 Å². The van der Waals surface area contributed by atoms with Crippen LogP contribution in [0.3, 0.4) is 0 Å². The van der Waals surface area contributed by atoms with E-state index in [1.165, 1.54) is 42.4 Å². The molecule has 9 heteroatoms. The molecule has 3 aromatic rings.